The lowest BCUT2D eigenvalue weighted by molar-refractivity contribution is -0.145. The van der Waals surface area contributed by atoms with Crippen LogP contribution in [0.3, 0.4) is 0 Å². The average Bonchev–Trinajstić information content (AvgIpc) is 2.75. The predicted octanol–water partition coefficient (Wildman–Crippen LogP) is 3.19. The van der Waals surface area contributed by atoms with Crippen molar-refractivity contribution in [2.45, 2.75) is 26.7 Å². The maximum atomic E-state index is 12.7. The molecule has 2 aromatic rings. The third kappa shape index (κ3) is 5.70. The third-order valence-corrected chi connectivity index (χ3v) is 5.01. The first-order valence-electron chi connectivity index (χ1n) is 9.91. The SMILES string of the molecule is CCOC(=O)COc1ccc(NC(=O)C2CCN(c3ccncc3)CC2)c(C)c1. The highest BCUT2D eigenvalue weighted by atomic mass is 16.6. The highest BCUT2D eigenvalue weighted by Gasteiger charge is 2.25. The second-order valence-electron chi connectivity index (χ2n) is 7.03. The van der Waals surface area contributed by atoms with Gasteiger partial charge in [-0.1, -0.05) is 0 Å². The van der Waals surface area contributed by atoms with Gasteiger partial charge in [0.2, 0.25) is 5.91 Å². The highest BCUT2D eigenvalue weighted by Crippen LogP contribution is 2.26. The monoisotopic (exact) mass is 397 g/mol. The Morgan fingerprint density at radius 3 is 2.55 bits per heavy atom. The normalized spacial score (nSPS) is 14.3. The number of esters is 1. The van der Waals surface area contributed by atoms with Crippen molar-refractivity contribution in [2.75, 3.05) is 36.5 Å². The number of aryl methyl sites for hydroxylation is 1. The molecule has 0 atom stereocenters. The van der Waals surface area contributed by atoms with Gasteiger partial charge in [-0.3, -0.25) is 9.78 Å². The molecule has 1 aromatic heterocycles. The van der Waals surface area contributed by atoms with Crippen LogP contribution in [0.2, 0.25) is 0 Å². The minimum atomic E-state index is -0.402. The summed E-state index contributed by atoms with van der Waals surface area (Å²) < 4.78 is 10.3. The largest absolute Gasteiger partial charge is 0.482 e. The third-order valence-electron chi connectivity index (χ3n) is 5.01. The van der Waals surface area contributed by atoms with Crippen LogP contribution in [0, 0.1) is 12.8 Å². The van der Waals surface area contributed by atoms with Crippen molar-refractivity contribution in [3.63, 3.8) is 0 Å². The molecule has 7 heteroatoms. The fraction of sp³-hybridized carbons (Fsp3) is 0.409. The molecule has 1 fully saturated rings. The summed E-state index contributed by atoms with van der Waals surface area (Å²) in [5.74, 6) is 0.203. The van der Waals surface area contributed by atoms with Gasteiger partial charge in [0.15, 0.2) is 6.61 Å². The van der Waals surface area contributed by atoms with Crippen LogP contribution in [-0.4, -0.2) is 43.2 Å². The van der Waals surface area contributed by atoms with Crippen molar-refractivity contribution in [3.05, 3.63) is 48.3 Å². The van der Waals surface area contributed by atoms with E-state index in [0.717, 1.165) is 42.9 Å². The van der Waals surface area contributed by atoms with Crippen LogP contribution in [0.4, 0.5) is 11.4 Å². The number of hydrogen-bond acceptors (Lipinski definition) is 6. The molecule has 0 saturated carbocycles. The van der Waals surface area contributed by atoms with Crippen molar-refractivity contribution in [1.29, 1.82) is 0 Å². The standard InChI is InChI=1S/C22H27N3O4/c1-3-28-21(26)15-29-19-4-5-20(16(2)14-19)24-22(27)17-8-12-25(13-9-17)18-6-10-23-11-7-18/h4-7,10-11,14,17H,3,8-9,12-13,15H2,1-2H3,(H,24,27). The van der Waals surface area contributed by atoms with E-state index in [1.165, 1.54) is 0 Å². The molecule has 1 saturated heterocycles. The van der Waals surface area contributed by atoms with Crippen LogP contribution < -0.4 is 15.0 Å². The van der Waals surface area contributed by atoms with E-state index in [4.69, 9.17) is 9.47 Å². The topological polar surface area (TPSA) is 80.8 Å². The van der Waals surface area contributed by atoms with Gasteiger partial charge in [0.05, 0.1) is 6.61 Å². The molecule has 154 valence electrons. The van der Waals surface area contributed by atoms with Gasteiger partial charge in [-0.2, -0.15) is 0 Å². The van der Waals surface area contributed by atoms with E-state index >= 15 is 0 Å². The van der Waals surface area contributed by atoms with E-state index in [0.29, 0.717) is 12.4 Å². The van der Waals surface area contributed by atoms with E-state index in [1.54, 1.807) is 37.5 Å². The fourth-order valence-electron chi connectivity index (χ4n) is 3.40. The van der Waals surface area contributed by atoms with Crippen LogP contribution in [0.5, 0.6) is 5.75 Å². The maximum absolute atomic E-state index is 12.7. The number of carbonyl (C=O) groups is 2. The zero-order chi connectivity index (χ0) is 20.6. The van der Waals surface area contributed by atoms with Gasteiger partial charge in [-0.25, -0.2) is 4.79 Å². The quantitative estimate of drug-likeness (QED) is 0.723. The van der Waals surface area contributed by atoms with Gasteiger partial charge < -0.3 is 19.7 Å². The van der Waals surface area contributed by atoms with E-state index < -0.39 is 5.97 Å². The maximum Gasteiger partial charge on any atom is 0.344 e. The van der Waals surface area contributed by atoms with Crippen molar-refractivity contribution >= 4 is 23.3 Å². The Morgan fingerprint density at radius 1 is 1.17 bits per heavy atom. The number of nitrogens with one attached hydrogen (secondary N) is 1. The molecule has 1 aromatic carbocycles. The van der Waals surface area contributed by atoms with Gasteiger partial charge in [-0.15, -0.1) is 0 Å². The first-order chi connectivity index (χ1) is 14.1. The molecule has 0 unspecified atom stereocenters. The molecule has 7 nitrogen and oxygen atoms in total. The Morgan fingerprint density at radius 2 is 1.90 bits per heavy atom. The van der Waals surface area contributed by atoms with Crippen LogP contribution >= 0.6 is 0 Å². The molecular weight excluding hydrogens is 370 g/mol. The molecule has 2 heterocycles. The first-order valence-corrected chi connectivity index (χ1v) is 9.91. The molecular formula is C22H27N3O4. The number of carbonyl (C=O) groups excluding carboxylic acids is 2. The Kier molecular flexibility index (Phi) is 7.05. The van der Waals surface area contributed by atoms with Crippen LogP contribution in [-0.2, 0) is 14.3 Å². The molecule has 1 amide bonds. The Balaban J connectivity index is 1.51. The minimum absolute atomic E-state index is 0.00720. The number of amides is 1. The summed E-state index contributed by atoms with van der Waals surface area (Å²) in [7, 11) is 0. The number of rotatable bonds is 7. The van der Waals surface area contributed by atoms with Crippen molar-refractivity contribution in [2.24, 2.45) is 5.92 Å². The number of anilines is 2. The van der Waals surface area contributed by atoms with Crippen molar-refractivity contribution < 1.29 is 19.1 Å². The number of hydrogen-bond donors (Lipinski definition) is 1. The number of ether oxygens (including phenoxy) is 2. The highest BCUT2D eigenvalue weighted by molar-refractivity contribution is 5.93. The number of benzene rings is 1. The minimum Gasteiger partial charge on any atom is -0.482 e. The van der Waals surface area contributed by atoms with Gasteiger partial charge in [0.25, 0.3) is 0 Å². The average molecular weight is 397 g/mol. The summed E-state index contributed by atoms with van der Waals surface area (Å²) in [5, 5.41) is 3.03. The van der Waals surface area contributed by atoms with Crippen LogP contribution in [0.25, 0.3) is 0 Å². The zero-order valence-electron chi connectivity index (χ0n) is 16.9. The second-order valence-corrected chi connectivity index (χ2v) is 7.03. The molecule has 1 aliphatic heterocycles. The van der Waals surface area contributed by atoms with Gasteiger partial charge in [0.1, 0.15) is 5.75 Å². The van der Waals surface area contributed by atoms with Gasteiger partial charge >= 0.3 is 5.97 Å². The molecule has 0 radical (unpaired) electrons. The summed E-state index contributed by atoms with van der Waals surface area (Å²) in [6.07, 6.45) is 5.20. The molecule has 0 aliphatic carbocycles. The summed E-state index contributed by atoms with van der Waals surface area (Å²) >= 11 is 0. The number of piperidine rings is 1. The van der Waals surface area contributed by atoms with E-state index in [-0.39, 0.29) is 18.4 Å². The van der Waals surface area contributed by atoms with Crippen LogP contribution in [0.15, 0.2) is 42.7 Å². The van der Waals surface area contributed by atoms with Gasteiger partial charge in [-0.05, 0) is 62.6 Å². The lowest BCUT2D eigenvalue weighted by Crippen LogP contribution is -2.38. The fourth-order valence-corrected chi connectivity index (χ4v) is 3.40. The van der Waals surface area contributed by atoms with Gasteiger partial charge in [0, 0.05) is 42.8 Å². The molecule has 0 spiro atoms. The smallest absolute Gasteiger partial charge is 0.344 e. The zero-order valence-corrected chi connectivity index (χ0v) is 16.9. The van der Waals surface area contributed by atoms with E-state index in [2.05, 4.69) is 15.2 Å². The summed E-state index contributed by atoms with van der Waals surface area (Å²) in [6.45, 7) is 5.55. The summed E-state index contributed by atoms with van der Waals surface area (Å²) in [5.41, 5.74) is 2.79. The van der Waals surface area contributed by atoms with Crippen molar-refractivity contribution in [1.82, 2.24) is 4.98 Å². The molecule has 1 N–H and O–H groups in total. The lowest BCUT2D eigenvalue weighted by Gasteiger charge is -2.33. The Labute approximate surface area is 171 Å². The number of nitrogens with zero attached hydrogens (tertiary/aromatic N) is 2. The second kappa shape index (κ2) is 9.91. The van der Waals surface area contributed by atoms with E-state index in [1.807, 2.05) is 19.1 Å². The first kappa shape index (κ1) is 20.6. The molecule has 3 rings (SSSR count). The van der Waals surface area contributed by atoms with Crippen molar-refractivity contribution in [3.8, 4) is 5.75 Å². The lowest BCUT2D eigenvalue weighted by atomic mass is 9.95. The number of pyridine rings is 1. The van der Waals surface area contributed by atoms with Crippen LogP contribution in [0.1, 0.15) is 25.3 Å². The number of aromatic nitrogens is 1. The molecule has 1 aliphatic rings. The Hall–Kier alpha value is -3.09. The molecule has 0 bridgehead atoms. The predicted molar refractivity (Wildman–Crippen MR) is 111 cm³/mol. The summed E-state index contributed by atoms with van der Waals surface area (Å²) in [4.78, 5) is 30.4. The summed E-state index contributed by atoms with van der Waals surface area (Å²) in [6, 6.07) is 9.35. The molecule has 29 heavy (non-hydrogen) atoms. The van der Waals surface area contributed by atoms with E-state index in [9.17, 15) is 9.59 Å². The Bertz CT molecular complexity index is 833.